The van der Waals surface area contributed by atoms with Gasteiger partial charge in [-0.3, -0.25) is 9.59 Å². The van der Waals surface area contributed by atoms with Crippen LogP contribution in [0.5, 0.6) is 0 Å². The van der Waals surface area contributed by atoms with Gasteiger partial charge in [-0.15, -0.1) is 0 Å². The Bertz CT molecular complexity index is 1220. The van der Waals surface area contributed by atoms with E-state index in [9.17, 15) is 18.0 Å². The van der Waals surface area contributed by atoms with Crippen molar-refractivity contribution in [2.45, 2.75) is 11.4 Å². The first-order chi connectivity index (χ1) is 15.4. The van der Waals surface area contributed by atoms with Crippen molar-refractivity contribution in [2.75, 3.05) is 38.2 Å². The third-order valence-corrected chi connectivity index (χ3v) is 6.85. The van der Waals surface area contributed by atoms with Crippen LogP contribution in [0.3, 0.4) is 0 Å². The number of aromatic nitrogens is 2. The smallest absolute Gasteiger partial charge is 0.326 e. The van der Waals surface area contributed by atoms with E-state index in [-0.39, 0.29) is 11.4 Å². The lowest BCUT2D eigenvalue weighted by Gasteiger charge is -2.26. The van der Waals surface area contributed by atoms with Gasteiger partial charge in [0.25, 0.3) is 5.91 Å². The number of amides is 1. The second-order valence-electron chi connectivity index (χ2n) is 7.11. The highest BCUT2D eigenvalue weighted by Crippen LogP contribution is 2.19. The molecule has 0 spiro atoms. The number of nitrogens with zero attached hydrogens (tertiary/aromatic N) is 3. The number of sulfonamides is 1. The lowest BCUT2D eigenvalue weighted by atomic mass is 10.3. The first-order valence-electron chi connectivity index (χ1n) is 9.97. The summed E-state index contributed by atoms with van der Waals surface area (Å²) >= 11 is 0. The molecule has 0 saturated carbocycles. The van der Waals surface area contributed by atoms with Crippen molar-refractivity contribution >= 4 is 38.6 Å². The van der Waals surface area contributed by atoms with Crippen LogP contribution >= 0.6 is 0 Å². The standard InChI is InChI=1S/C21H22N4O6S/c26-20(14-31-21(27)13-24-15-22-18-3-1-2-4-19(18)24)23-16-5-7-17(8-6-16)32(28,29)25-9-11-30-12-10-25/h1-8,15H,9-14H2,(H,23,26). The van der Waals surface area contributed by atoms with Gasteiger partial charge in [0.1, 0.15) is 6.54 Å². The molecule has 0 aliphatic carbocycles. The van der Waals surface area contributed by atoms with Crippen molar-refractivity contribution < 1.29 is 27.5 Å². The molecule has 2 heterocycles. The number of ether oxygens (including phenoxy) is 2. The zero-order valence-corrected chi connectivity index (χ0v) is 18.0. The van der Waals surface area contributed by atoms with Gasteiger partial charge < -0.3 is 19.4 Å². The molecule has 1 amide bonds. The normalized spacial score (nSPS) is 14.9. The number of hydrogen-bond donors (Lipinski definition) is 1. The highest BCUT2D eigenvalue weighted by molar-refractivity contribution is 7.89. The predicted molar refractivity (Wildman–Crippen MR) is 115 cm³/mol. The third-order valence-electron chi connectivity index (χ3n) is 4.94. The zero-order chi connectivity index (χ0) is 22.6. The fourth-order valence-corrected chi connectivity index (χ4v) is 4.72. The van der Waals surface area contributed by atoms with Crippen LogP contribution in [-0.4, -0.2) is 67.1 Å². The molecule has 1 saturated heterocycles. The average molecular weight is 458 g/mol. The van der Waals surface area contributed by atoms with Gasteiger partial charge in [0.2, 0.25) is 10.0 Å². The van der Waals surface area contributed by atoms with Gasteiger partial charge in [0, 0.05) is 18.8 Å². The van der Waals surface area contributed by atoms with Gasteiger partial charge in [-0.2, -0.15) is 4.31 Å². The first kappa shape index (κ1) is 21.9. The largest absolute Gasteiger partial charge is 0.454 e. The molecular formula is C21H22N4O6S. The van der Waals surface area contributed by atoms with Crippen molar-refractivity contribution in [3.63, 3.8) is 0 Å². The molecule has 1 aliphatic rings. The summed E-state index contributed by atoms with van der Waals surface area (Å²) in [6.07, 6.45) is 1.54. The minimum Gasteiger partial charge on any atom is -0.454 e. The van der Waals surface area contributed by atoms with E-state index in [1.54, 1.807) is 10.9 Å². The number of nitrogens with one attached hydrogen (secondary N) is 1. The lowest BCUT2D eigenvalue weighted by molar-refractivity contribution is -0.147. The second-order valence-corrected chi connectivity index (χ2v) is 9.05. The number of hydrogen-bond acceptors (Lipinski definition) is 7. The fourth-order valence-electron chi connectivity index (χ4n) is 3.31. The summed E-state index contributed by atoms with van der Waals surface area (Å²) in [7, 11) is -3.61. The number of fused-ring (bicyclic) bond motifs is 1. The van der Waals surface area contributed by atoms with E-state index in [2.05, 4.69) is 10.3 Å². The summed E-state index contributed by atoms with van der Waals surface area (Å²) in [6, 6.07) is 13.2. The quantitative estimate of drug-likeness (QED) is 0.529. The number of anilines is 1. The van der Waals surface area contributed by atoms with E-state index in [0.29, 0.717) is 32.0 Å². The molecule has 0 radical (unpaired) electrons. The van der Waals surface area contributed by atoms with Crippen LogP contribution in [-0.2, 0) is 35.6 Å². The van der Waals surface area contributed by atoms with Gasteiger partial charge >= 0.3 is 5.97 Å². The van der Waals surface area contributed by atoms with Crippen LogP contribution in [0, 0.1) is 0 Å². The van der Waals surface area contributed by atoms with Crippen LogP contribution in [0.25, 0.3) is 11.0 Å². The monoisotopic (exact) mass is 458 g/mol. The van der Waals surface area contributed by atoms with Crippen LogP contribution < -0.4 is 5.32 Å². The van der Waals surface area contributed by atoms with Gasteiger partial charge in [0.05, 0.1) is 35.5 Å². The molecule has 2 aromatic carbocycles. The molecule has 0 unspecified atom stereocenters. The van der Waals surface area contributed by atoms with E-state index in [1.165, 1.54) is 28.6 Å². The second kappa shape index (κ2) is 9.47. The number of para-hydroxylation sites is 2. The maximum atomic E-state index is 12.6. The predicted octanol–water partition coefficient (Wildman–Crippen LogP) is 1.24. The number of esters is 1. The van der Waals surface area contributed by atoms with Crippen LogP contribution in [0.15, 0.2) is 59.8 Å². The number of morpholine rings is 1. The van der Waals surface area contributed by atoms with Gasteiger partial charge in [-0.25, -0.2) is 13.4 Å². The van der Waals surface area contributed by atoms with Crippen molar-refractivity contribution in [3.8, 4) is 0 Å². The van der Waals surface area contributed by atoms with Gasteiger partial charge in [0.15, 0.2) is 6.61 Å². The summed E-state index contributed by atoms with van der Waals surface area (Å²) in [4.78, 5) is 28.5. The van der Waals surface area contributed by atoms with E-state index in [0.717, 1.165) is 11.0 Å². The molecule has 11 heteroatoms. The SMILES string of the molecule is O=C(COC(=O)Cn1cnc2ccccc21)Nc1ccc(S(=O)(=O)N2CCOCC2)cc1. The Kier molecular flexibility index (Phi) is 6.49. The van der Waals surface area contributed by atoms with Crippen molar-refractivity contribution in [2.24, 2.45) is 0 Å². The Morgan fingerprint density at radius 3 is 2.53 bits per heavy atom. The molecule has 4 rings (SSSR count). The number of rotatable bonds is 7. The molecule has 1 N–H and O–H groups in total. The first-order valence-corrected chi connectivity index (χ1v) is 11.4. The maximum absolute atomic E-state index is 12.6. The molecular weight excluding hydrogens is 436 g/mol. The Morgan fingerprint density at radius 2 is 1.78 bits per heavy atom. The highest BCUT2D eigenvalue weighted by Gasteiger charge is 2.26. The lowest BCUT2D eigenvalue weighted by Crippen LogP contribution is -2.40. The Balaban J connectivity index is 1.29. The summed E-state index contributed by atoms with van der Waals surface area (Å²) in [5.74, 6) is -1.10. The molecule has 10 nitrogen and oxygen atoms in total. The Hall–Kier alpha value is -3.28. The molecule has 0 atom stereocenters. The Morgan fingerprint density at radius 1 is 1.06 bits per heavy atom. The number of carbonyl (C=O) groups is 2. The number of carbonyl (C=O) groups excluding carboxylic acids is 2. The molecule has 0 bridgehead atoms. The van der Waals surface area contributed by atoms with Crippen molar-refractivity contribution in [1.29, 1.82) is 0 Å². The Labute approximate surface area is 184 Å². The molecule has 3 aromatic rings. The summed E-state index contributed by atoms with van der Waals surface area (Å²) < 4.78 is 38.5. The molecule has 1 aliphatic heterocycles. The fraction of sp³-hybridized carbons (Fsp3) is 0.286. The van der Waals surface area contributed by atoms with E-state index >= 15 is 0 Å². The molecule has 32 heavy (non-hydrogen) atoms. The van der Waals surface area contributed by atoms with E-state index in [1.807, 2.05) is 24.3 Å². The van der Waals surface area contributed by atoms with Crippen molar-refractivity contribution in [1.82, 2.24) is 13.9 Å². The summed E-state index contributed by atoms with van der Waals surface area (Å²) in [5, 5.41) is 2.58. The highest BCUT2D eigenvalue weighted by atomic mass is 32.2. The van der Waals surface area contributed by atoms with E-state index < -0.39 is 28.5 Å². The maximum Gasteiger partial charge on any atom is 0.326 e. The molecule has 168 valence electrons. The van der Waals surface area contributed by atoms with Gasteiger partial charge in [-0.1, -0.05) is 12.1 Å². The number of benzene rings is 2. The minimum absolute atomic E-state index is 0.0676. The topological polar surface area (TPSA) is 120 Å². The van der Waals surface area contributed by atoms with Crippen LogP contribution in [0.2, 0.25) is 0 Å². The van der Waals surface area contributed by atoms with Gasteiger partial charge in [-0.05, 0) is 36.4 Å². The number of imidazole rings is 1. The zero-order valence-electron chi connectivity index (χ0n) is 17.1. The molecule has 1 aromatic heterocycles. The average Bonchev–Trinajstić information content (AvgIpc) is 3.21. The van der Waals surface area contributed by atoms with E-state index in [4.69, 9.17) is 9.47 Å². The van der Waals surface area contributed by atoms with Crippen LogP contribution in [0.1, 0.15) is 0 Å². The third kappa shape index (κ3) is 4.96. The van der Waals surface area contributed by atoms with Crippen molar-refractivity contribution in [3.05, 3.63) is 54.9 Å². The van der Waals surface area contributed by atoms with Crippen LogP contribution in [0.4, 0.5) is 5.69 Å². The summed E-state index contributed by atoms with van der Waals surface area (Å²) in [5.41, 5.74) is 1.95. The minimum atomic E-state index is -3.61. The summed E-state index contributed by atoms with van der Waals surface area (Å²) in [6.45, 7) is 0.815. The molecule has 1 fully saturated rings.